The van der Waals surface area contributed by atoms with Crippen molar-refractivity contribution < 1.29 is 31.1 Å². The topological polar surface area (TPSA) is 103 Å². The van der Waals surface area contributed by atoms with Gasteiger partial charge in [-0.3, -0.25) is 4.55 Å². The van der Waals surface area contributed by atoms with Gasteiger partial charge in [0.15, 0.2) is 11.4 Å². The molecule has 1 N–H and O–H groups in total. The molecule has 0 amide bonds. The lowest BCUT2D eigenvalue weighted by molar-refractivity contribution is -0.160. The van der Waals surface area contributed by atoms with Gasteiger partial charge < -0.3 is 13.3 Å². The molecule has 5 atom stereocenters. The zero-order chi connectivity index (χ0) is 23.1. The van der Waals surface area contributed by atoms with Crippen molar-refractivity contribution in [1.82, 2.24) is 0 Å². The minimum Gasteiger partial charge on any atom is -0.472 e. The number of carbonyl (C=O) groups excluding carboxylic acids is 1. The van der Waals surface area contributed by atoms with Crippen LogP contribution < -0.4 is 0 Å². The van der Waals surface area contributed by atoms with Crippen LogP contribution in [0, 0.1) is 23.7 Å². The largest absolute Gasteiger partial charge is 0.472 e. The number of carbonyl (C=O) groups is 1. The second-order valence-corrected chi connectivity index (χ2v) is 10.3. The SMILES string of the molecule is CC1=C(OS(=O)(=O)O)[C@]2(OC1=O)[C@@H]1[C@@H](C)CC[C@@H]1C=C[C@H]2/C=C(\C)CCCc1ccoc1. The number of esters is 1. The monoisotopic (exact) mass is 462 g/mol. The molecule has 7 nitrogen and oxygen atoms in total. The van der Waals surface area contributed by atoms with Gasteiger partial charge in [0.1, 0.15) is 0 Å². The summed E-state index contributed by atoms with van der Waals surface area (Å²) in [5.74, 6) is -0.865. The minimum absolute atomic E-state index is 0.0782. The summed E-state index contributed by atoms with van der Waals surface area (Å²) in [4.78, 5) is 12.7. The van der Waals surface area contributed by atoms with Crippen molar-refractivity contribution in [3.8, 4) is 0 Å². The Morgan fingerprint density at radius 2 is 2.12 bits per heavy atom. The number of furan rings is 1. The van der Waals surface area contributed by atoms with Crippen LogP contribution in [0.25, 0.3) is 0 Å². The molecule has 1 saturated carbocycles. The van der Waals surface area contributed by atoms with E-state index in [9.17, 15) is 17.8 Å². The van der Waals surface area contributed by atoms with Crippen LogP contribution in [0.5, 0.6) is 0 Å². The first-order valence-corrected chi connectivity index (χ1v) is 12.5. The normalized spacial score (nSPS) is 32.5. The van der Waals surface area contributed by atoms with Crippen LogP contribution in [0.1, 0.15) is 52.0 Å². The first-order valence-electron chi connectivity index (χ1n) is 11.1. The van der Waals surface area contributed by atoms with Crippen molar-refractivity contribution >= 4 is 16.4 Å². The van der Waals surface area contributed by atoms with Crippen LogP contribution in [0.3, 0.4) is 0 Å². The summed E-state index contributed by atoms with van der Waals surface area (Å²) in [6.07, 6.45) is 14.1. The van der Waals surface area contributed by atoms with Gasteiger partial charge in [0.2, 0.25) is 0 Å². The fourth-order valence-electron chi connectivity index (χ4n) is 5.73. The highest BCUT2D eigenvalue weighted by Gasteiger charge is 2.63. The Morgan fingerprint density at radius 1 is 1.34 bits per heavy atom. The minimum atomic E-state index is -4.82. The van der Waals surface area contributed by atoms with E-state index >= 15 is 0 Å². The lowest BCUT2D eigenvalue weighted by atomic mass is 9.64. The summed E-state index contributed by atoms with van der Waals surface area (Å²) in [5.41, 5.74) is 1.06. The van der Waals surface area contributed by atoms with E-state index < -0.39 is 27.9 Å². The maximum atomic E-state index is 12.7. The molecular weight excluding hydrogens is 432 g/mol. The fraction of sp³-hybridized carbons (Fsp3) is 0.542. The van der Waals surface area contributed by atoms with Gasteiger partial charge in [-0.2, -0.15) is 8.42 Å². The molecule has 0 unspecified atom stereocenters. The number of fused-ring (bicyclic) bond motifs is 2. The van der Waals surface area contributed by atoms with E-state index in [0.717, 1.165) is 43.2 Å². The average molecular weight is 463 g/mol. The highest BCUT2D eigenvalue weighted by atomic mass is 32.3. The predicted molar refractivity (Wildman–Crippen MR) is 118 cm³/mol. The fourth-order valence-corrected chi connectivity index (χ4v) is 6.20. The Bertz CT molecular complexity index is 1060. The molecule has 1 aliphatic heterocycles. The maximum absolute atomic E-state index is 12.7. The number of ether oxygens (including phenoxy) is 1. The van der Waals surface area contributed by atoms with E-state index in [4.69, 9.17) is 13.3 Å². The van der Waals surface area contributed by atoms with E-state index in [1.807, 2.05) is 25.1 Å². The van der Waals surface area contributed by atoms with Crippen molar-refractivity contribution in [3.05, 3.63) is 59.3 Å². The molecule has 0 aromatic carbocycles. The highest BCUT2D eigenvalue weighted by molar-refractivity contribution is 7.81. The molecule has 1 aromatic rings. The zero-order valence-electron chi connectivity index (χ0n) is 18.6. The first-order chi connectivity index (χ1) is 15.1. The van der Waals surface area contributed by atoms with E-state index in [1.54, 1.807) is 12.5 Å². The van der Waals surface area contributed by atoms with Crippen molar-refractivity contribution in [3.63, 3.8) is 0 Å². The molecule has 1 fully saturated rings. The molecule has 32 heavy (non-hydrogen) atoms. The molecule has 4 rings (SSSR count). The Labute approximate surface area is 189 Å². The van der Waals surface area contributed by atoms with Gasteiger partial charge in [0.05, 0.1) is 18.1 Å². The van der Waals surface area contributed by atoms with Crippen molar-refractivity contribution in [2.24, 2.45) is 23.7 Å². The van der Waals surface area contributed by atoms with E-state index in [-0.39, 0.29) is 29.1 Å². The van der Waals surface area contributed by atoms with Crippen molar-refractivity contribution in [2.45, 2.75) is 58.5 Å². The summed E-state index contributed by atoms with van der Waals surface area (Å²) >= 11 is 0. The van der Waals surface area contributed by atoms with Gasteiger partial charge in [0, 0.05) is 11.8 Å². The average Bonchev–Trinajstić information content (AvgIpc) is 3.41. The molecule has 0 bridgehead atoms. The molecule has 2 heterocycles. The zero-order valence-corrected chi connectivity index (χ0v) is 19.4. The second kappa shape index (κ2) is 8.56. The lowest BCUT2D eigenvalue weighted by Gasteiger charge is -2.45. The molecular formula is C24H30O7S. The Kier molecular flexibility index (Phi) is 6.11. The highest BCUT2D eigenvalue weighted by Crippen LogP contribution is 2.58. The van der Waals surface area contributed by atoms with Crippen LogP contribution in [0.15, 0.2) is 58.1 Å². The molecule has 0 saturated heterocycles. The van der Waals surface area contributed by atoms with Crippen LogP contribution in [0.4, 0.5) is 0 Å². The molecule has 174 valence electrons. The number of rotatable bonds is 7. The molecule has 2 aliphatic carbocycles. The maximum Gasteiger partial charge on any atom is 0.446 e. The summed E-state index contributed by atoms with van der Waals surface area (Å²) in [6, 6.07) is 1.95. The Morgan fingerprint density at radius 3 is 2.81 bits per heavy atom. The van der Waals surface area contributed by atoms with Crippen LogP contribution in [0.2, 0.25) is 0 Å². The molecule has 1 spiro atoms. The van der Waals surface area contributed by atoms with Gasteiger partial charge in [0.25, 0.3) is 0 Å². The number of allylic oxidation sites excluding steroid dienone is 2. The third-order valence-corrected chi connectivity index (χ3v) is 7.50. The third-order valence-electron chi connectivity index (χ3n) is 7.12. The van der Waals surface area contributed by atoms with Gasteiger partial charge >= 0.3 is 16.4 Å². The Balaban J connectivity index is 1.69. The molecule has 1 aromatic heterocycles. The molecule has 0 radical (unpaired) electrons. The molecule has 8 heteroatoms. The smallest absolute Gasteiger partial charge is 0.446 e. The van der Waals surface area contributed by atoms with Crippen molar-refractivity contribution in [2.75, 3.05) is 0 Å². The second-order valence-electron chi connectivity index (χ2n) is 9.30. The number of hydrogen-bond donors (Lipinski definition) is 1. The summed E-state index contributed by atoms with van der Waals surface area (Å²) in [6.45, 7) is 5.61. The van der Waals surface area contributed by atoms with Crippen LogP contribution in [-0.2, 0) is 30.5 Å². The summed E-state index contributed by atoms with van der Waals surface area (Å²) in [7, 11) is -4.82. The van der Waals surface area contributed by atoms with Crippen LogP contribution in [-0.4, -0.2) is 24.5 Å². The van der Waals surface area contributed by atoms with Crippen molar-refractivity contribution in [1.29, 1.82) is 0 Å². The van der Waals surface area contributed by atoms with Gasteiger partial charge in [-0.05, 0) is 69.4 Å². The number of aryl methyl sites for hydroxylation is 1. The summed E-state index contributed by atoms with van der Waals surface area (Å²) < 4.78 is 49.1. The van der Waals surface area contributed by atoms with Crippen LogP contribution >= 0.6 is 0 Å². The first kappa shape index (κ1) is 22.9. The number of hydrogen-bond acceptors (Lipinski definition) is 6. The van der Waals surface area contributed by atoms with E-state index in [1.165, 1.54) is 6.92 Å². The van der Waals surface area contributed by atoms with E-state index in [2.05, 4.69) is 13.0 Å². The van der Waals surface area contributed by atoms with E-state index in [0.29, 0.717) is 0 Å². The summed E-state index contributed by atoms with van der Waals surface area (Å²) in [5, 5.41) is 0. The third kappa shape index (κ3) is 4.18. The standard InChI is InChI=1S/C24H30O7S/c1-15(5-4-6-18-11-12-29-14-18)13-20-10-9-19-8-7-16(2)21(19)24(20)22(31-32(26,27)28)17(3)23(25)30-24/h9-14,16,19-21H,4-8H2,1-3H3,(H,26,27,28)/b15-13+/t16-,19+,20-,21+,24+/m0/s1. The van der Waals surface area contributed by atoms with Gasteiger partial charge in [-0.25, -0.2) is 4.79 Å². The lowest BCUT2D eigenvalue weighted by Crippen LogP contribution is -2.52. The predicted octanol–water partition coefficient (Wildman–Crippen LogP) is 4.79. The molecule has 3 aliphatic rings. The van der Waals surface area contributed by atoms with Gasteiger partial charge in [-0.15, -0.1) is 0 Å². The van der Waals surface area contributed by atoms with Gasteiger partial charge in [-0.1, -0.05) is 30.7 Å². The Hall–Kier alpha value is -2.32. The quantitative estimate of drug-likeness (QED) is 0.353.